The Bertz CT molecular complexity index is 502. The Balaban J connectivity index is 4.40. The maximum atomic E-state index is 12.0. The first kappa shape index (κ1) is 29.9. The normalized spacial score (nSPS) is 10.7. The number of carboxylic acids is 1. The van der Waals surface area contributed by atoms with Gasteiger partial charge in [0.1, 0.15) is 13.2 Å². The summed E-state index contributed by atoms with van der Waals surface area (Å²) in [5.41, 5.74) is 0. The molecule has 0 aromatic rings. The van der Waals surface area contributed by atoms with Gasteiger partial charge in [0, 0.05) is 25.7 Å². The van der Waals surface area contributed by atoms with Crippen molar-refractivity contribution in [2.75, 3.05) is 13.2 Å². The fourth-order valence-corrected chi connectivity index (χ4v) is 3.01. The molecular weight excluding hydrogens is 416 g/mol. The fraction of sp³-hybridized carbons (Fsp3) is 0.833. The number of carbonyl (C=O) groups is 4. The second kappa shape index (κ2) is 20.8. The minimum absolute atomic E-state index is 0.0699. The first-order valence-corrected chi connectivity index (χ1v) is 12.1. The van der Waals surface area contributed by atoms with Gasteiger partial charge in [0.25, 0.3) is 0 Å². The topological polar surface area (TPSA) is 116 Å². The van der Waals surface area contributed by atoms with Crippen LogP contribution in [-0.2, 0) is 33.4 Å². The Hall–Kier alpha value is -2.12. The van der Waals surface area contributed by atoms with Crippen LogP contribution in [0.15, 0.2) is 0 Å². The summed E-state index contributed by atoms with van der Waals surface area (Å²) in [6, 6.07) is 0. The lowest BCUT2D eigenvalue weighted by molar-refractivity contribution is -0.167. The average molecular weight is 459 g/mol. The van der Waals surface area contributed by atoms with Crippen LogP contribution in [0.25, 0.3) is 0 Å². The van der Waals surface area contributed by atoms with Crippen LogP contribution in [0, 0.1) is 0 Å². The number of ether oxygens (including phenoxy) is 3. The van der Waals surface area contributed by atoms with Crippen molar-refractivity contribution < 1.29 is 38.5 Å². The zero-order valence-electron chi connectivity index (χ0n) is 19.9. The fourth-order valence-electron chi connectivity index (χ4n) is 3.01. The van der Waals surface area contributed by atoms with Crippen molar-refractivity contribution in [1.82, 2.24) is 0 Å². The first-order valence-electron chi connectivity index (χ1n) is 12.1. The van der Waals surface area contributed by atoms with E-state index in [1.165, 1.54) is 0 Å². The summed E-state index contributed by atoms with van der Waals surface area (Å²) in [4.78, 5) is 46.4. The maximum Gasteiger partial charge on any atom is 0.306 e. The molecule has 0 amide bonds. The molecule has 0 unspecified atom stereocenters. The van der Waals surface area contributed by atoms with E-state index in [2.05, 4.69) is 13.8 Å². The first-order chi connectivity index (χ1) is 15.4. The van der Waals surface area contributed by atoms with Gasteiger partial charge in [0.2, 0.25) is 0 Å². The highest BCUT2D eigenvalue weighted by Crippen LogP contribution is 2.09. The van der Waals surface area contributed by atoms with Gasteiger partial charge in [-0.25, -0.2) is 0 Å². The van der Waals surface area contributed by atoms with Crippen molar-refractivity contribution in [3.63, 3.8) is 0 Å². The Kier molecular flexibility index (Phi) is 19.4. The second-order valence-corrected chi connectivity index (χ2v) is 8.05. The molecule has 0 fully saturated rings. The van der Waals surface area contributed by atoms with Gasteiger partial charge >= 0.3 is 23.9 Å². The van der Waals surface area contributed by atoms with Gasteiger partial charge < -0.3 is 19.3 Å². The summed E-state index contributed by atoms with van der Waals surface area (Å²) in [6.07, 6.45) is 9.71. The highest BCUT2D eigenvalue weighted by atomic mass is 16.6. The van der Waals surface area contributed by atoms with Crippen molar-refractivity contribution in [2.45, 2.75) is 116 Å². The molecule has 0 saturated carbocycles. The van der Waals surface area contributed by atoms with E-state index in [0.29, 0.717) is 12.8 Å². The number of carboxylic acid groups (broad SMARTS) is 1. The van der Waals surface area contributed by atoms with Crippen LogP contribution in [0.3, 0.4) is 0 Å². The van der Waals surface area contributed by atoms with E-state index < -0.39 is 18.0 Å². The van der Waals surface area contributed by atoms with Gasteiger partial charge in [0.15, 0.2) is 6.10 Å². The molecule has 0 saturated heterocycles. The minimum atomic E-state index is -0.991. The highest BCUT2D eigenvalue weighted by Gasteiger charge is 2.19. The molecule has 0 atom stereocenters. The Morgan fingerprint density at radius 2 is 1.03 bits per heavy atom. The van der Waals surface area contributed by atoms with E-state index in [4.69, 9.17) is 19.3 Å². The molecule has 0 spiro atoms. The van der Waals surface area contributed by atoms with Crippen LogP contribution in [0.4, 0.5) is 0 Å². The standard InChI is InChI=1S/C24H42O8/c1-3-5-7-9-11-15-22(27)30-18-20(32-24(29)17-13-14-21(25)26)19-31-23(28)16-12-10-8-6-4-2/h20H,3-19H2,1-2H3,(H,25,26). The molecule has 0 aromatic heterocycles. The zero-order chi connectivity index (χ0) is 24.0. The van der Waals surface area contributed by atoms with E-state index in [0.717, 1.165) is 64.2 Å². The average Bonchev–Trinajstić information content (AvgIpc) is 2.75. The molecule has 0 aliphatic rings. The molecule has 0 aromatic carbocycles. The van der Waals surface area contributed by atoms with E-state index >= 15 is 0 Å². The van der Waals surface area contributed by atoms with E-state index in [1.807, 2.05) is 0 Å². The number of unbranched alkanes of at least 4 members (excludes halogenated alkanes) is 8. The summed E-state index contributed by atoms with van der Waals surface area (Å²) < 4.78 is 15.7. The molecular formula is C24H42O8. The van der Waals surface area contributed by atoms with Gasteiger partial charge in [0.05, 0.1) is 0 Å². The summed E-state index contributed by atoms with van der Waals surface area (Å²) in [7, 11) is 0. The lowest BCUT2D eigenvalue weighted by Gasteiger charge is -2.18. The third-order valence-electron chi connectivity index (χ3n) is 4.90. The van der Waals surface area contributed by atoms with Gasteiger partial charge in [-0.05, 0) is 19.3 Å². The number of hydrogen-bond acceptors (Lipinski definition) is 7. The van der Waals surface area contributed by atoms with Gasteiger partial charge in [-0.3, -0.25) is 19.2 Å². The van der Waals surface area contributed by atoms with E-state index in [9.17, 15) is 19.2 Å². The van der Waals surface area contributed by atoms with E-state index in [1.54, 1.807) is 0 Å². The molecule has 0 aliphatic carbocycles. The number of rotatable bonds is 21. The SMILES string of the molecule is CCCCCCCC(=O)OCC(COC(=O)CCCCCCC)OC(=O)CCCC(=O)O. The minimum Gasteiger partial charge on any atom is -0.481 e. The van der Waals surface area contributed by atoms with Crippen LogP contribution in [0.5, 0.6) is 0 Å². The summed E-state index contributed by atoms with van der Waals surface area (Å²) in [5, 5.41) is 8.67. The lowest BCUT2D eigenvalue weighted by Crippen LogP contribution is -2.31. The predicted octanol–water partition coefficient (Wildman–Crippen LogP) is 4.96. The van der Waals surface area contributed by atoms with Crippen molar-refractivity contribution >= 4 is 23.9 Å². The molecule has 186 valence electrons. The third-order valence-corrected chi connectivity index (χ3v) is 4.90. The van der Waals surface area contributed by atoms with Crippen LogP contribution < -0.4 is 0 Å². The third kappa shape index (κ3) is 19.8. The Morgan fingerprint density at radius 3 is 1.47 bits per heavy atom. The van der Waals surface area contributed by atoms with Crippen LogP contribution in [-0.4, -0.2) is 48.3 Å². The monoisotopic (exact) mass is 458 g/mol. The molecule has 0 bridgehead atoms. The summed E-state index contributed by atoms with van der Waals surface area (Å²) in [6.45, 7) is 3.86. The van der Waals surface area contributed by atoms with Gasteiger partial charge in [-0.1, -0.05) is 65.2 Å². The van der Waals surface area contributed by atoms with E-state index in [-0.39, 0.29) is 44.4 Å². The van der Waals surface area contributed by atoms with Gasteiger partial charge in [-0.2, -0.15) is 0 Å². The maximum absolute atomic E-state index is 12.0. The molecule has 0 radical (unpaired) electrons. The van der Waals surface area contributed by atoms with Crippen LogP contribution in [0.1, 0.15) is 110 Å². The van der Waals surface area contributed by atoms with Crippen molar-refractivity contribution in [1.29, 1.82) is 0 Å². The molecule has 0 heterocycles. The predicted molar refractivity (Wildman–Crippen MR) is 120 cm³/mol. The summed E-state index contributed by atoms with van der Waals surface area (Å²) in [5.74, 6) is -2.36. The molecule has 1 N–H and O–H groups in total. The molecule has 8 nitrogen and oxygen atoms in total. The van der Waals surface area contributed by atoms with Crippen molar-refractivity contribution in [3.05, 3.63) is 0 Å². The zero-order valence-corrected chi connectivity index (χ0v) is 19.9. The smallest absolute Gasteiger partial charge is 0.306 e. The molecule has 32 heavy (non-hydrogen) atoms. The molecule has 0 aliphatic heterocycles. The van der Waals surface area contributed by atoms with Crippen LogP contribution >= 0.6 is 0 Å². The highest BCUT2D eigenvalue weighted by molar-refractivity contribution is 5.72. The summed E-state index contributed by atoms with van der Waals surface area (Å²) >= 11 is 0. The number of carbonyl (C=O) groups excluding carboxylic acids is 3. The lowest BCUT2D eigenvalue weighted by atomic mass is 10.1. The second-order valence-electron chi connectivity index (χ2n) is 8.05. The van der Waals surface area contributed by atoms with Crippen molar-refractivity contribution in [3.8, 4) is 0 Å². The number of hydrogen-bond donors (Lipinski definition) is 1. The van der Waals surface area contributed by atoms with Crippen molar-refractivity contribution in [2.24, 2.45) is 0 Å². The largest absolute Gasteiger partial charge is 0.481 e. The number of esters is 3. The Labute approximate surface area is 192 Å². The van der Waals surface area contributed by atoms with Gasteiger partial charge in [-0.15, -0.1) is 0 Å². The Morgan fingerprint density at radius 1 is 0.594 bits per heavy atom. The molecule has 8 heteroatoms. The van der Waals surface area contributed by atoms with Crippen LogP contribution in [0.2, 0.25) is 0 Å². The quantitative estimate of drug-likeness (QED) is 0.146. The molecule has 0 rings (SSSR count). The number of aliphatic carboxylic acids is 1.